The molecule has 1 aliphatic rings. The van der Waals surface area contributed by atoms with Gasteiger partial charge in [-0.25, -0.2) is 14.6 Å². The van der Waals surface area contributed by atoms with Crippen LogP contribution in [0.2, 0.25) is 0 Å². The first kappa shape index (κ1) is 13.4. The molecule has 1 N–H and O–H groups in total. The van der Waals surface area contributed by atoms with E-state index in [1.165, 1.54) is 17.3 Å². The topological polar surface area (TPSA) is 81.9 Å². The average molecular weight is 307 g/mol. The number of fused-ring (bicyclic) bond motifs is 1. The molecule has 4 rings (SSSR count). The van der Waals surface area contributed by atoms with Crippen LogP contribution in [0.5, 0.6) is 5.75 Å². The minimum Gasteiger partial charge on any atom is -0.480 e. The second-order valence-corrected chi connectivity index (χ2v) is 5.12. The second kappa shape index (κ2) is 5.53. The highest BCUT2D eigenvalue weighted by molar-refractivity contribution is 5.96. The molecule has 0 fully saturated rings. The fraction of sp³-hybridized carbons (Fsp3) is 0.125. The van der Waals surface area contributed by atoms with Gasteiger partial charge in [-0.3, -0.25) is 4.79 Å². The van der Waals surface area contributed by atoms with Crippen molar-refractivity contribution in [2.75, 3.05) is 5.32 Å². The molecule has 3 heterocycles. The number of nitrogens with one attached hydrogen (secondary N) is 1. The molecule has 0 saturated heterocycles. The van der Waals surface area contributed by atoms with Gasteiger partial charge in [0.1, 0.15) is 18.4 Å². The Hall–Kier alpha value is -3.22. The normalized spacial score (nSPS) is 15.7. The van der Waals surface area contributed by atoms with Crippen molar-refractivity contribution in [2.45, 2.75) is 12.5 Å². The highest BCUT2D eigenvalue weighted by Crippen LogP contribution is 2.29. The molecular formula is C16H13N5O2. The Morgan fingerprint density at radius 2 is 2.17 bits per heavy atom. The van der Waals surface area contributed by atoms with Crippen LogP contribution in [0.3, 0.4) is 0 Å². The van der Waals surface area contributed by atoms with Gasteiger partial charge in [0.2, 0.25) is 0 Å². The Bertz CT molecular complexity index is 822. The third-order valence-electron chi connectivity index (χ3n) is 3.62. The molecule has 1 aliphatic heterocycles. The number of nitrogens with zero attached hydrogens (tertiary/aromatic N) is 4. The summed E-state index contributed by atoms with van der Waals surface area (Å²) in [5.74, 6) is 1.06. The molecule has 7 heteroatoms. The summed E-state index contributed by atoms with van der Waals surface area (Å²) in [4.78, 5) is 20.6. The van der Waals surface area contributed by atoms with E-state index in [1.54, 1.807) is 18.3 Å². The van der Waals surface area contributed by atoms with Crippen molar-refractivity contribution in [2.24, 2.45) is 0 Å². The molecule has 0 radical (unpaired) electrons. The lowest BCUT2D eigenvalue weighted by atomic mass is 10.1. The zero-order chi connectivity index (χ0) is 15.6. The first-order chi connectivity index (χ1) is 11.3. The van der Waals surface area contributed by atoms with Crippen LogP contribution in [-0.2, 0) is 11.2 Å². The van der Waals surface area contributed by atoms with Gasteiger partial charge in [-0.2, -0.15) is 5.10 Å². The number of hydrogen-bond acceptors (Lipinski definition) is 5. The largest absolute Gasteiger partial charge is 0.480 e. The molecule has 0 saturated carbocycles. The van der Waals surface area contributed by atoms with E-state index in [2.05, 4.69) is 20.4 Å². The number of hydrogen-bond donors (Lipinski definition) is 1. The molecule has 7 nitrogen and oxygen atoms in total. The zero-order valence-electron chi connectivity index (χ0n) is 12.1. The van der Waals surface area contributed by atoms with Crippen molar-refractivity contribution in [1.82, 2.24) is 19.7 Å². The van der Waals surface area contributed by atoms with Gasteiger partial charge in [-0.1, -0.05) is 18.2 Å². The first-order valence-corrected chi connectivity index (χ1v) is 7.17. The summed E-state index contributed by atoms with van der Waals surface area (Å²) in [7, 11) is 0. The summed E-state index contributed by atoms with van der Waals surface area (Å²) in [6, 6.07) is 11.2. The fourth-order valence-corrected chi connectivity index (χ4v) is 2.54. The minimum absolute atomic E-state index is 0.212. The van der Waals surface area contributed by atoms with Crippen LogP contribution in [-0.4, -0.2) is 31.8 Å². The third kappa shape index (κ3) is 2.52. The molecule has 114 valence electrons. The SMILES string of the molecule is O=C(Nc1cccnc1-n1cncn1)[C@@H]1Cc2ccccc2O1. The van der Waals surface area contributed by atoms with Gasteiger partial charge in [0.15, 0.2) is 11.9 Å². The monoisotopic (exact) mass is 307 g/mol. The summed E-state index contributed by atoms with van der Waals surface area (Å²) < 4.78 is 7.20. The maximum Gasteiger partial charge on any atom is 0.265 e. The van der Waals surface area contributed by atoms with Crippen molar-refractivity contribution >= 4 is 11.6 Å². The molecule has 1 amide bonds. The van der Waals surface area contributed by atoms with E-state index in [1.807, 2.05) is 24.3 Å². The zero-order valence-corrected chi connectivity index (χ0v) is 12.1. The molecule has 1 atom stereocenters. The number of carbonyl (C=O) groups is 1. The lowest BCUT2D eigenvalue weighted by Gasteiger charge is -2.13. The number of benzene rings is 1. The van der Waals surface area contributed by atoms with Crippen LogP contribution in [0.4, 0.5) is 5.69 Å². The maximum absolute atomic E-state index is 12.5. The third-order valence-corrected chi connectivity index (χ3v) is 3.62. The molecular weight excluding hydrogens is 294 g/mol. The van der Waals surface area contributed by atoms with Crippen molar-refractivity contribution in [3.63, 3.8) is 0 Å². The van der Waals surface area contributed by atoms with Crippen LogP contribution >= 0.6 is 0 Å². The van der Waals surface area contributed by atoms with Crippen molar-refractivity contribution < 1.29 is 9.53 Å². The number of para-hydroxylation sites is 1. The summed E-state index contributed by atoms with van der Waals surface area (Å²) in [6.07, 6.45) is 4.59. The Kier molecular flexibility index (Phi) is 3.23. The molecule has 2 aromatic heterocycles. The number of pyridine rings is 1. The highest BCUT2D eigenvalue weighted by atomic mass is 16.5. The van der Waals surface area contributed by atoms with Gasteiger partial charge in [0.25, 0.3) is 5.91 Å². The fourth-order valence-electron chi connectivity index (χ4n) is 2.54. The lowest BCUT2D eigenvalue weighted by Crippen LogP contribution is -2.31. The quantitative estimate of drug-likeness (QED) is 0.795. The minimum atomic E-state index is -0.545. The van der Waals surface area contributed by atoms with E-state index in [-0.39, 0.29) is 5.91 Å². The summed E-state index contributed by atoms with van der Waals surface area (Å²) in [5, 5.41) is 6.91. The summed E-state index contributed by atoms with van der Waals surface area (Å²) in [6.45, 7) is 0. The van der Waals surface area contributed by atoms with E-state index in [4.69, 9.17) is 4.74 Å². The molecule has 3 aromatic rings. The molecule has 23 heavy (non-hydrogen) atoms. The predicted molar refractivity (Wildman–Crippen MR) is 82.3 cm³/mol. The Morgan fingerprint density at radius 1 is 1.26 bits per heavy atom. The second-order valence-electron chi connectivity index (χ2n) is 5.12. The highest BCUT2D eigenvalue weighted by Gasteiger charge is 2.29. The summed E-state index contributed by atoms with van der Waals surface area (Å²) in [5.41, 5.74) is 1.60. The van der Waals surface area contributed by atoms with E-state index in [0.717, 1.165) is 11.3 Å². The van der Waals surface area contributed by atoms with Crippen LogP contribution in [0, 0.1) is 0 Å². The number of carbonyl (C=O) groups excluding carboxylic acids is 1. The molecule has 0 bridgehead atoms. The Morgan fingerprint density at radius 3 is 3.00 bits per heavy atom. The molecule has 0 aliphatic carbocycles. The van der Waals surface area contributed by atoms with Crippen molar-refractivity contribution in [3.8, 4) is 11.6 Å². The van der Waals surface area contributed by atoms with Gasteiger partial charge in [-0.15, -0.1) is 0 Å². The average Bonchev–Trinajstić information content (AvgIpc) is 3.25. The molecule has 0 spiro atoms. The Balaban J connectivity index is 1.55. The van der Waals surface area contributed by atoms with Gasteiger partial charge in [0, 0.05) is 12.6 Å². The van der Waals surface area contributed by atoms with Crippen molar-refractivity contribution in [1.29, 1.82) is 0 Å². The van der Waals surface area contributed by atoms with Crippen LogP contribution in [0.1, 0.15) is 5.56 Å². The molecule has 0 unspecified atom stereocenters. The standard InChI is InChI=1S/C16H13N5O2/c22-16(14-8-11-4-1-2-6-13(11)23-14)20-12-5-3-7-18-15(12)21-10-17-9-19-21/h1-7,9-10,14H,8H2,(H,20,22)/t14-/m0/s1. The lowest BCUT2D eigenvalue weighted by molar-refractivity contribution is -0.122. The maximum atomic E-state index is 12.5. The summed E-state index contributed by atoms with van der Waals surface area (Å²) >= 11 is 0. The number of ether oxygens (including phenoxy) is 1. The van der Waals surface area contributed by atoms with Crippen LogP contribution < -0.4 is 10.1 Å². The van der Waals surface area contributed by atoms with Crippen molar-refractivity contribution in [3.05, 3.63) is 60.8 Å². The van der Waals surface area contributed by atoms with Gasteiger partial charge >= 0.3 is 0 Å². The van der Waals surface area contributed by atoms with Gasteiger partial charge in [0.05, 0.1) is 5.69 Å². The van der Waals surface area contributed by atoms with E-state index in [0.29, 0.717) is 17.9 Å². The number of amides is 1. The molecule has 1 aromatic carbocycles. The van der Waals surface area contributed by atoms with Gasteiger partial charge in [-0.05, 0) is 23.8 Å². The number of rotatable bonds is 3. The van der Waals surface area contributed by atoms with E-state index >= 15 is 0 Å². The number of anilines is 1. The smallest absolute Gasteiger partial charge is 0.265 e. The Labute approximate surface area is 132 Å². The number of aromatic nitrogens is 4. The van der Waals surface area contributed by atoms with Gasteiger partial charge < -0.3 is 10.1 Å². The first-order valence-electron chi connectivity index (χ1n) is 7.17. The predicted octanol–water partition coefficient (Wildman–Crippen LogP) is 1.60. The van der Waals surface area contributed by atoms with E-state index in [9.17, 15) is 4.79 Å². The van der Waals surface area contributed by atoms with Crippen LogP contribution in [0.15, 0.2) is 55.2 Å². The van der Waals surface area contributed by atoms with E-state index < -0.39 is 6.10 Å². The van der Waals surface area contributed by atoms with Crippen LogP contribution in [0.25, 0.3) is 5.82 Å².